The predicted molar refractivity (Wildman–Crippen MR) is 140 cm³/mol. The van der Waals surface area contributed by atoms with Crippen molar-refractivity contribution in [2.24, 2.45) is 0 Å². The van der Waals surface area contributed by atoms with Crippen molar-refractivity contribution in [3.8, 4) is 0 Å². The molecule has 292 valence electrons. The van der Waals surface area contributed by atoms with E-state index in [1.165, 1.54) is 18.2 Å². The van der Waals surface area contributed by atoms with Gasteiger partial charge in [0.05, 0.1) is 8.07 Å². The minimum Gasteiger partial charge on any atom is -0.297 e. The van der Waals surface area contributed by atoms with Gasteiger partial charge in [-0.25, -0.2) is 0 Å². The number of rotatable bonds is 14. The summed E-state index contributed by atoms with van der Waals surface area (Å²) in [6.45, 7) is 5.55. The number of alkyl halides is 21. The first-order valence-corrected chi connectivity index (χ1v) is 17.5. The maximum atomic E-state index is 14.6. The van der Waals surface area contributed by atoms with Crippen molar-refractivity contribution in [1.29, 1.82) is 0 Å². The Morgan fingerprint density at radius 2 is 0.960 bits per heavy atom. The van der Waals surface area contributed by atoms with E-state index in [-0.39, 0.29) is 16.1 Å². The van der Waals surface area contributed by atoms with Crippen LogP contribution in [-0.4, -0.2) is 85.5 Å². The molecular formula is C26H26F21NSSi. The third-order valence-electron chi connectivity index (χ3n) is 8.59. The highest BCUT2D eigenvalue weighted by atomic mass is 32.1. The van der Waals surface area contributed by atoms with Crippen LogP contribution >= 0.6 is 12.6 Å². The fourth-order valence-corrected chi connectivity index (χ4v) is 7.82. The molecule has 24 heteroatoms. The van der Waals surface area contributed by atoms with Crippen LogP contribution in [-0.2, 0) is 0 Å². The van der Waals surface area contributed by atoms with Crippen LogP contribution in [0.2, 0.25) is 19.1 Å². The monoisotopic (exact) mass is 811 g/mol. The van der Waals surface area contributed by atoms with E-state index >= 15 is 0 Å². The zero-order valence-corrected chi connectivity index (χ0v) is 27.3. The Labute approximate surface area is 275 Å². The van der Waals surface area contributed by atoms with Crippen molar-refractivity contribution in [3.05, 3.63) is 23.8 Å². The van der Waals surface area contributed by atoms with E-state index in [0.717, 1.165) is 39.0 Å². The molecular weight excluding hydrogens is 785 g/mol. The van der Waals surface area contributed by atoms with Crippen LogP contribution in [0.4, 0.5) is 92.2 Å². The van der Waals surface area contributed by atoms with Gasteiger partial charge in [0, 0.05) is 17.4 Å². The van der Waals surface area contributed by atoms with E-state index in [4.69, 9.17) is 0 Å². The second-order valence-corrected chi connectivity index (χ2v) is 17.7. The van der Waals surface area contributed by atoms with Crippen molar-refractivity contribution in [1.82, 2.24) is 4.90 Å². The van der Waals surface area contributed by atoms with E-state index in [9.17, 15) is 92.2 Å². The summed E-state index contributed by atoms with van der Waals surface area (Å²) in [5.41, 5.74) is 0.616. The summed E-state index contributed by atoms with van der Waals surface area (Å²) in [5.74, 6) is -76.8. The number of benzene rings is 1. The Morgan fingerprint density at radius 3 is 1.32 bits per heavy atom. The topological polar surface area (TPSA) is 3.24 Å². The molecule has 0 amide bonds. The van der Waals surface area contributed by atoms with Crippen molar-refractivity contribution in [2.75, 3.05) is 13.1 Å². The van der Waals surface area contributed by atoms with Crippen LogP contribution in [0.5, 0.6) is 0 Å². The van der Waals surface area contributed by atoms with Crippen LogP contribution in [0, 0.1) is 0 Å². The summed E-state index contributed by atoms with van der Waals surface area (Å²) >= 11 is 4.30. The molecule has 1 aromatic carbocycles. The van der Waals surface area contributed by atoms with Crippen molar-refractivity contribution in [3.63, 3.8) is 0 Å². The molecule has 1 nitrogen and oxygen atoms in total. The van der Waals surface area contributed by atoms with Gasteiger partial charge < -0.3 is 0 Å². The molecule has 0 unspecified atom stereocenters. The lowest BCUT2D eigenvalue weighted by Crippen LogP contribution is -2.76. The Bertz CT molecular complexity index is 1370. The minimum atomic E-state index is -9.17. The summed E-state index contributed by atoms with van der Waals surface area (Å²) < 4.78 is 287. The van der Waals surface area contributed by atoms with Crippen LogP contribution in [0.3, 0.4) is 0 Å². The molecule has 1 aliphatic rings. The summed E-state index contributed by atoms with van der Waals surface area (Å²) in [6, 6.07) is 2.62. The highest BCUT2D eigenvalue weighted by Crippen LogP contribution is 2.66. The molecule has 0 bridgehead atoms. The lowest BCUT2D eigenvalue weighted by atomic mass is 9.86. The maximum Gasteiger partial charge on any atom is 0.460 e. The van der Waals surface area contributed by atoms with E-state index in [1.807, 2.05) is 0 Å². The lowest BCUT2D eigenvalue weighted by molar-refractivity contribution is -0.474. The van der Waals surface area contributed by atoms with Crippen molar-refractivity contribution < 1.29 is 92.2 Å². The summed E-state index contributed by atoms with van der Waals surface area (Å²) in [7, 11) is -3.56. The molecule has 1 atom stereocenters. The first-order chi connectivity index (χ1) is 21.8. The third kappa shape index (κ3) is 6.56. The van der Waals surface area contributed by atoms with Crippen LogP contribution in [0.25, 0.3) is 0 Å². The second-order valence-electron chi connectivity index (χ2n) is 12.4. The molecule has 1 fully saturated rings. The molecule has 1 aromatic rings. The van der Waals surface area contributed by atoms with Gasteiger partial charge in [-0.05, 0) is 50.5 Å². The highest BCUT2D eigenvalue weighted by molar-refractivity contribution is 7.80. The Hall–Kier alpha value is -1.72. The van der Waals surface area contributed by atoms with Crippen LogP contribution in [0.1, 0.15) is 37.8 Å². The highest BCUT2D eigenvalue weighted by Gasteiger charge is 2.97. The first kappa shape index (κ1) is 44.4. The van der Waals surface area contributed by atoms with E-state index in [1.54, 1.807) is 6.92 Å². The normalized spacial score (nSPS) is 18.2. The summed E-state index contributed by atoms with van der Waals surface area (Å²) in [6.07, 6.45) is -8.83. The molecule has 0 aliphatic carbocycles. The minimum absolute atomic E-state index is 0.126. The standard InChI is InChI=1S/C26H26F21NSSi/c1-13(48-9-4-5-10-48)15-7-6-14(12-16(15)49)50(2,3)11-8-17(27,28)18(29,30)19(31,32)20(33,34)21(35,36)22(37,38)23(39,40)24(41,42)25(43,44)26(45,46)47/h6-7,12-13,49H,4-5,8-11H2,1-3H3/t13-/m1/s1. The number of hydrogen-bond donors (Lipinski definition) is 1. The van der Waals surface area contributed by atoms with Crippen molar-refractivity contribution >= 4 is 25.9 Å². The Kier molecular flexibility index (Phi) is 11.5. The molecule has 1 heterocycles. The van der Waals surface area contributed by atoms with Gasteiger partial charge in [-0.3, -0.25) is 4.90 Å². The SMILES string of the molecule is C[C@H](c1ccc([Si](C)(C)CCC(F)(F)C(F)(F)C(F)(F)C(F)(F)C(F)(F)C(F)(F)C(F)(F)C(F)(F)C(F)(F)C(F)(F)F)cc1S)N1CCCC1. The molecule has 50 heavy (non-hydrogen) atoms. The fourth-order valence-electron chi connectivity index (χ4n) is 5.01. The van der Waals surface area contributed by atoms with Gasteiger partial charge in [-0.15, -0.1) is 12.6 Å². The zero-order valence-electron chi connectivity index (χ0n) is 25.4. The largest absolute Gasteiger partial charge is 0.460 e. The molecule has 0 radical (unpaired) electrons. The van der Waals surface area contributed by atoms with Gasteiger partial charge in [0.15, 0.2) is 0 Å². The van der Waals surface area contributed by atoms with Gasteiger partial charge in [0.25, 0.3) is 0 Å². The molecule has 0 saturated carbocycles. The zero-order chi connectivity index (χ0) is 39.8. The Balaban J connectivity index is 2.46. The lowest BCUT2D eigenvalue weighted by Gasteiger charge is -2.44. The fraction of sp³-hybridized carbons (Fsp3) is 0.769. The number of thiol groups is 1. The third-order valence-corrected chi connectivity index (χ3v) is 12.4. The smallest absolute Gasteiger partial charge is 0.297 e. The van der Waals surface area contributed by atoms with E-state index in [0.29, 0.717) is 5.56 Å². The van der Waals surface area contributed by atoms with Crippen molar-refractivity contribution in [2.45, 2.75) is 116 Å². The number of hydrogen-bond acceptors (Lipinski definition) is 2. The predicted octanol–water partition coefficient (Wildman–Crippen LogP) is 10.7. The van der Waals surface area contributed by atoms with E-state index < -0.39 is 80.0 Å². The van der Waals surface area contributed by atoms with Crippen LogP contribution < -0.4 is 5.19 Å². The van der Waals surface area contributed by atoms with Gasteiger partial charge in [0.1, 0.15) is 0 Å². The quantitative estimate of drug-likeness (QED) is 0.111. The molecule has 1 saturated heterocycles. The molecule has 1 aliphatic heterocycles. The van der Waals surface area contributed by atoms with Gasteiger partial charge in [0.2, 0.25) is 0 Å². The number of halogens is 21. The van der Waals surface area contributed by atoms with Gasteiger partial charge >= 0.3 is 59.5 Å². The summed E-state index contributed by atoms with van der Waals surface area (Å²) in [4.78, 5) is 2.31. The first-order valence-electron chi connectivity index (χ1n) is 13.9. The average Bonchev–Trinajstić information content (AvgIpc) is 3.49. The molecule has 0 aromatic heterocycles. The Morgan fingerprint density at radius 1 is 0.600 bits per heavy atom. The number of nitrogens with zero attached hydrogens (tertiary/aromatic N) is 1. The van der Waals surface area contributed by atoms with Crippen LogP contribution in [0.15, 0.2) is 23.1 Å². The molecule has 0 N–H and O–H groups in total. The maximum absolute atomic E-state index is 14.6. The molecule has 0 spiro atoms. The number of likely N-dealkylation sites (tertiary alicyclic amines) is 1. The van der Waals surface area contributed by atoms with E-state index in [2.05, 4.69) is 17.5 Å². The second kappa shape index (κ2) is 13.0. The summed E-state index contributed by atoms with van der Waals surface area (Å²) in [5, 5.41) is 0.126. The molecule has 2 rings (SSSR count). The van der Waals surface area contributed by atoms with Gasteiger partial charge in [-0.2, -0.15) is 92.2 Å². The average molecular weight is 812 g/mol. The van der Waals surface area contributed by atoms with Gasteiger partial charge in [-0.1, -0.05) is 30.4 Å².